The van der Waals surface area contributed by atoms with Crippen LogP contribution in [0.15, 0.2) is 36.4 Å². The molecule has 0 radical (unpaired) electrons. The molecule has 1 aliphatic rings. The molecule has 6 nitrogen and oxygen atoms in total. The Hall–Kier alpha value is -2.89. The van der Waals surface area contributed by atoms with E-state index in [0.29, 0.717) is 23.3 Å². The van der Waals surface area contributed by atoms with E-state index in [-0.39, 0.29) is 23.9 Å². The van der Waals surface area contributed by atoms with Gasteiger partial charge >= 0.3 is 5.97 Å². The molecule has 2 aromatic rings. The van der Waals surface area contributed by atoms with Crippen LogP contribution in [0.1, 0.15) is 15.9 Å². The van der Waals surface area contributed by atoms with Crippen molar-refractivity contribution >= 4 is 5.97 Å². The van der Waals surface area contributed by atoms with Crippen LogP contribution in [0, 0.1) is 0 Å². The number of phenols is 3. The highest BCUT2D eigenvalue weighted by molar-refractivity contribution is 5.89. The zero-order chi connectivity index (χ0) is 15.7. The van der Waals surface area contributed by atoms with Crippen LogP contribution in [-0.4, -0.2) is 34.0 Å². The summed E-state index contributed by atoms with van der Waals surface area (Å²) >= 11 is 0. The summed E-state index contributed by atoms with van der Waals surface area (Å²) in [6.07, 6.45) is -0.241. The molecule has 114 valence electrons. The van der Waals surface area contributed by atoms with Crippen LogP contribution in [0.4, 0.5) is 0 Å². The Morgan fingerprint density at radius 2 is 1.82 bits per heavy atom. The van der Waals surface area contributed by atoms with Crippen molar-refractivity contribution in [3.8, 4) is 23.0 Å². The van der Waals surface area contributed by atoms with Gasteiger partial charge < -0.3 is 24.8 Å². The maximum atomic E-state index is 12.0. The van der Waals surface area contributed by atoms with Crippen molar-refractivity contribution < 1.29 is 29.6 Å². The predicted octanol–water partition coefficient (Wildman–Crippen LogP) is 1.96. The van der Waals surface area contributed by atoms with E-state index in [1.54, 1.807) is 0 Å². The summed E-state index contributed by atoms with van der Waals surface area (Å²) in [6, 6.07) is 8.35. The summed E-state index contributed by atoms with van der Waals surface area (Å²) in [5.74, 6) is -0.267. The Kier molecular flexibility index (Phi) is 3.50. The van der Waals surface area contributed by atoms with Gasteiger partial charge in [0.05, 0.1) is 5.56 Å². The van der Waals surface area contributed by atoms with Crippen molar-refractivity contribution in [2.24, 2.45) is 0 Å². The number of benzene rings is 2. The zero-order valence-corrected chi connectivity index (χ0v) is 11.5. The fourth-order valence-electron chi connectivity index (χ4n) is 2.31. The standard InChI is InChI=1S/C16H14O6/c17-10-3-1-9(2-4-10)16(20)22-12-7-13-14(19)5-11(18)6-15(13)21-8-12/h1-6,12,17-19H,7-8H2/t12-/m0/s1. The first-order valence-electron chi connectivity index (χ1n) is 6.70. The van der Waals surface area contributed by atoms with Gasteiger partial charge in [-0.25, -0.2) is 4.79 Å². The fraction of sp³-hybridized carbons (Fsp3) is 0.188. The Labute approximate surface area is 126 Å². The number of rotatable bonds is 2. The van der Waals surface area contributed by atoms with Crippen molar-refractivity contribution in [1.29, 1.82) is 0 Å². The fourth-order valence-corrected chi connectivity index (χ4v) is 2.31. The Morgan fingerprint density at radius 1 is 1.09 bits per heavy atom. The van der Waals surface area contributed by atoms with Gasteiger partial charge in [-0.3, -0.25) is 0 Å². The number of phenolic OH excluding ortho intramolecular Hbond substituents is 3. The normalized spacial score (nSPS) is 16.5. The van der Waals surface area contributed by atoms with Gasteiger partial charge in [0.2, 0.25) is 0 Å². The Morgan fingerprint density at radius 3 is 2.55 bits per heavy atom. The lowest BCUT2D eigenvalue weighted by Crippen LogP contribution is -2.31. The molecule has 0 spiro atoms. The largest absolute Gasteiger partial charge is 0.508 e. The molecule has 0 amide bonds. The molecule has 1 aliphatic heterocycles. The number of aromatic hydroxyl groups is 3. The first-order chi connectivity index (χ1) is 10.5. The van der Waals surface area contributed by atoms with Crippen molar-refractivity contribution in [2.75, 3.05) is 6.61 Å². The van der Waals surface area contributed by atoms with E-state index in [0.717, 1.165) is 0 Å². The van der Waals surface area contributed by atoms with E-state index in [9.17, 15) is 20.1 Å². The number of hydrogen-bond donors (Lipinski definition) is 3. The van der Waals surface area contributed by atoms with E-state index in [4.69, 9.17) is 9.47 Å². The summed E-state index contributed by atoms with van der Waals surface area (Å²) in [4.78, 5) is 12.0. The van der Waals surface area contributed by atoms with Crippen molar-refractivity contribution in [1.82, 2.24) is 0 Å². The zero-order valence-electron chi connectivity index (χ0n) is 11.5. The highest BCUT2D eigenvalue weighted by Gasteiger charge is 2.26. The molecule has 0 fully saturated rings. The predicted molar refractivity (Wildman–Crippen MR) is 76.3 cm³/mol. The minimum absolute atomic E-state index is 0.0659. The third-order valence-corrected chi connectivity index (χ3v) is 3.40. The molecule has 1 heterocycles. The topological polar surface area (TPSA) is 96.2 Å². The first-order valence-corrected chi connectivity index (χ1v) is 6.70. The second-order valence-corrected chi connectivity index (χ2v) is 5.03. The average molecular weight is 302 g/mol. The molecule has 0 saturated heterocycles. The molecule has 3 N–H and O–H groups in total. The summed E-state index contributed by atoms with van der Waals surface area (Å²) in [7, 11) is 0. The monoisotopic (exact) mass is 302 g/mol. The summed E-state index contributed by atoms with van der Waals surface area (Å²) in [5.41, 5.74) is 0.811. The van der Waals surface area contributed by atoms with Gasteiger partial charge in [-0.05, 0) is 24.3 Å². The van der Waals surface area contributed by atoms with Gasteiger partial charge in [0.1, 0.15) is 35.7 Å². The van der Waals surface area contributed by atoms with Gasteiger partial charge in [-0.1, -0.05) is 0 Å². The Balaban J connectivity index is 1.72. The van der Waals surface area contributed by atoms with Crippen LogP contribution >= 0.6 is 0 Å². The van der Waals surface area contributed by atoms with E-state index < -0.39 is 12.1 Å². The van der Waals surface area contributed by atoms with E-state index in [2.05, 4.69) is 0 Å². The van der Waals surface area contributed by atoms with Crippen molar-refractivity contribution in [3.05, 3.63) is 47.5 Å². The van der Waals surface area contributed by atoms with Gasteiger partial charge in [-0.15, -0.1) is 0 Å². The molecule has 0 aliphatic carbocycles. The lowest BCUT2D eigenvalue weighted by molar-refractivity contribution is 0.0128. The highest BCUT2D eigenvalue weighted by Crippen LogP contribution is 2.36. The molecule has 3 rings (SSSR count). The van der Waals surface area contributed by atoms with Crippen LogP contribution in [0.3, 0.4) is 0 Å². The summed E-state index contributed by atoms with van der Waals surface area (Å²) < 4.78 is 10.8. The molecule has 22 heavy (non-hydrogen) atoms. The molecule has 0 unspecified atom stereocenters. The van der Waals surface area contributed by atoms with E-state index in [1.165, 1.54) is 36.4 Å². The minimum atomic E-state index is -0.538. The average Bonchev–Trinajstić information content (AvgIpc) is 2.48. The number of fused-ring (bicyclic) bond motifs is 1. The molecule has 0 bridgehead atoms. The van der Waals surface area contributed by atoms with Gasteiger partial charge in [0, 0.05) is 24.1 Å². The maximum Gasteiger partial charge on any atom is 0.338 e. The molecule has 6 heteroatoms. The van der Waals surface area contributed by atoms with Crippen LogP contribution in [0.25, 0.3) is 0 Å². The molecular weight excluding hydrogens is 288 g/mol. The lowest BCUT2D eigenvalue weighted by atomic mass is 10.0. The smallest absolute Gasteiger partial charge is 0.338 e. The molecule has 0 saturated carbocycles. The first kappa shape index (κ1) is 14.1. The molecule has 0 aromatic heterocycles. The van der Waals surface area contributed by atoms with E-state index in [1.807, 2.05) is 0 Å². The van der Waals surface area contributed by atoms with Crippen LogP contribution in [0.2, 0.25) is 0 Å². The number of carbonyl (C=O) groups excluding carboxylic acids is 1. The Bertz CT molecular complexity index is 707. The second kappa shape index (κ2) is 5.48. The maximum absolute atomic E-state index is 12.0. The highest BCUT2D eigenvalue weighted by atomic mass is 16.6. The van der Waals surface area contributed by atoms with Crippen molar-refractivity contribution in [2.45, 2.75) is 12.5 Å². The summed E-state index contributed by atoms with van der Waals surface area (Å²) in [6.45, 7) is 0.139. The number of hydrogen-bond acceptors (Lipinski definition) is 6. The number of carbonyl (C=O) groups is 1. The van der Waals surface area contributed by atoms with Gasteiger partial charge in [0.25, 0.3) is 0 Å². The van der Waals surface area contributed by atoms with Crippen LogP contribution in [0.5, 0.6) is 23.0 Å². The quantitative estimate of drug-likeness (QED) is 0.734. The molecular formula is C16H14O6. The van der Waals surface area contributed by atoms with Crippen LogP contribution in [-0.2, 0) is 11.2 Å². The second-order valence-electron chi connectivity index (χ2n) is 5.03. The SMILES string of the molecule is O=C(O[C@@H]1COc2cc(O)cc(O)c2C1)c1ccc(O)cc1. The molecule has 1 atom stereocenters. The van der Waals surface area contributed by atoms with Gasteiger partial charge in [-0.2, -0.15) is 0 Å². The van der Waals surface area contributed by atoms with Gasteiger partial charge in [0.15, 0.2) is 0 Å². The van der Waals surface area contributed by atoms with E-state index >= 15 is 0 Å². The minimum Gasteiger partial charge on any atom is -0.508 e. The number of esters is 1. The summed E-state index contributed by atoms with van der Waals surface area (Å²) in [5, 5.41) is 28.4. The number of ether oxygens (including phenoxy) is 2. The third-order valence-electron chi connectivity index (χ3n) is 3.40. The van der Waals surface area contributed by atoms with Crippen molar-refractivity contribution in [3.63, 3.8) is 0 Å². The van der Waals surface area contributed by atoms with Crippen LogP contribution < -0.4 is 4.74 Å². The molecule has 2 aromatic carbocycles. The third kappa shape index (κ3) is 2.76. The lowest BCUT2D eigenvalue weighted by Gasteiger charge is -2.26.